The zero-order valence-electron chi connectivity index (χ0n) is 10.8. The van der Waals surface area contributed by atoms with Crippen LogP contribution in [0.3, 0.4) is 0 Å². The second-order valence-corrected chi connectivity index (χ2v) is 5.42. The second kappa shape index (κ2) is 4.90. The number of nitrogens with one attached hydrogen (secondary N) is 1. The van der Waals surface area contributed by atoms with Gasteiger partial charge >= 0.3 is 0 Å². The number of rotatable bonds is 2. The predicted octanol–water partition coefficient (Wildman–Crippen LogP) is 2.83. The Morgan fingerprint density at radius 1 is 1.25 bits per heavy atom. The Balaban J connectivity index is 1.87. The number of benzene rings is 1. The first-order chi connectivity index (χ1) is 9.61. The number of aromatic nitrogens is 2. The van der Waals surface area contributed by atoms with Crippen LogP contribution in [0.5, 0.6) is 0 Å². The predicted molar refractivity (Wildman–Crippen MR) is 81.0 cm³/mol. The van der Waals surface area contributed by atoms with Crippen molar-refractivity contribution in [1.29, 1.82) is 0 Å². The van der Waals surface area contributed by atoms with Crippen LogP contribution >= 0.6 is 11.3 Å². The van der Waals surface area contributed by atoms with Crippen molar-refractivity contribution in [1.82, 2.24) is 9.97 Å². The number of hydrogen-bond donors (Lipinski definition) is 2. The first-order valence-corrected chi connectivity index (χ1v) is 6.84. The molecule has 0 saturated heterocycles. The molecule has 2 aromatic heterocycles. The molecule has 6 heteroatoms. The molecular formula is C14H12N4OS. The normalized spacial score (nSPS) is 10.7. The summed E-state index contributed by atoms with van der Waals surface area (Å²) in [5.41, 5.74) is 7.88. The first kappa shape index (κ1) is 12.6. The van der Waals surface area contributed by atoms with Gasteiger partial charge in [0.05, 0.1) is 10.2 Å². The largest absolute Gasteiger partial charge is 0.384 e. The van der Waals surface area contributed by atoms with Gasteiger partial charge in [0.15, 0.2) is 5.13 Å². The van der Waals surface area contributed by atoms with Gasteiger partial charge in [0.1, 0.15) is 11.5 Å². The molecular weight excluding hydrogens is 272 g/mol. The lowest BCUT2D eigenvalue weighted by Crippen LogP contribution is -2.13. The van der Waals surface area contributed by atoms with Crippen molar-refractivity contribution in [3.05, 3.63) is 47.7 Å². The summed E-state index contributed by atoms with van der Waals surface area (Å²) in [5.74, 6) is 0.00523. The summed E-state index contributed by atoms with van der Waals surface area (Å²) >= 11 is 1.44. The van der Waals surface area contributed by atoms with Crippen molar-refractivity contribution in [3.8, 4) is 0 Å². The maximum Gasteiger partial charge on any atom is 0.276 e. The van der Waals surface area contributed by atoms with Gasteiger partial charge in [0.2, 0.25) is 0 Å². The van der Waals surface area contributed by atoms with E-state index in [0.29, 0.717) is 10.9 Å². The molecule has 0 saturated carbocycles. The molecule has 0 aliphatic heterocycles. The molecule has 3 rings (SSSR count). The Morgan fingerprint density at radius 3 is 2.90 bits per heavy atom. The molecule has 5 nitrogen and oxygen atoms in total. The number of nitrogens with zero attached hydrogens (tertiary/aromatic N) is 2. The van der Waals surface area contributed by atoms with Crippen molar-refractivity contribution < 1.29 is 4.79 Å². The molecule has 3 N–H and O–H groups in total. The van der Waals surface area contributed by atoms with Crippen molar-refractivity contribution in [2.45, 2.75) is 6.92 Å². The topological polar surface area (TPSA) is 80.9 Å². The number of nitrogen functional groups attached to an aromatic ring is 1. The summed E-state index contributed by atoms with van der Waals surface area (Å²) in [6, 6.07) is 10.9. The highest BCUT2D eigenvalue weighted by atomic mass is 32.1. The Labute approximate surface area is 119 Å². The van der Waals surface area contributed by atoms with E-state index in [4.69, 9.17) is 5.73 Å². The van der Waals surface area contributed by atoms with E-state index < -0.39 is 0 Å². The molecule has 1 aromatic carbocycles. The van der Waals surface area contributed by atoms with E-state index in [0.717, 1.165) is 15.8 Å². The lowest BCUT2D eigenvalue weighted by molar-refractivity contribution is 0.102. The monoisotopic (exact) mass is 284 g/mol. The maximum atomic E-state index is 12.0. The molecule has 0 fully saturated rings. The van der Waals surface area contributed by atoms with Crippen LogP contribution in [-0.4, -0.2) is 15.9 Å². The van der Waals surface area contributed by atoms with Gasteiger partial charge in [-0.1, -0.05) is 23.5 Å². The third kappa shape index (κ3) is 2.46. The van der Waals surface area contributed by atoms with E-state index in [1.165, 1.54) is 11.3 Å². The molecule has 0 radical (unpaired) electrons. The molecule has 20 heavy (non-hydrogen) atoms. The molecule has 0 aliphatic rings. The number of anilines is 2. The minimum Gasteiger partial charge on any atom is -0.384 e. The van der Waals surface area contributed by atoms with Gasteiger partial charge < -0.3 is 5.73 Å². The average Bonchev–Trinajstić information content (AvgIpc) is 2.80. The fourth-order valence-corrected chi connectivity index (χ4v) is 2.78. The Kier molecular flexibility index (Phi) is 3.08. The van der Waals surface area contributed by atoms with Crippen LogP contribution in [0.2, 0.25) is 0 Å². The summed E-state index contributed by atoms with van der Waals surface area (Å²) in [7, 11) is 0. The molecule has 2 heterocycles. The quantitative estimate of drug-likeness (QED) is 0.758. The summed E-state index contributed by atoms with van der Waals surface area (Å²) < 4.78 is 1.04. The zero-order chi connectivity index (χ0) is 14.1. The first-order valence-electron chi connectivity index (χ1n) is 6.03. The SMILES string of the molecule is Cc1ccc2nc(NC(=O)c3cccc(N)n3)sc2c1. The standard InChI is InChI=1S/C14H12N4OS/c1-8-5-6-9-11(7-8)20-14(17-9)18-13(19)10-3-2-4-12(15)16-10/h2-7H,1H3,(H2,15,16)(H,17,18,19). The van der Waals surface area contributed by atoms with Gasteiger partial charge in [0, 0.05) is 0 Å². The van der Waals surface area contributed by atoms with Gasteiger partial charge in [0.25, 0.3) is 5.91 Å². The van der Waals surface area contributed by atoms with Crippen molar-refractivity contribution in [2.24, 2.45) is 0 Å². The highest BCUT2D eigenvalue weighted by Crippen LogP contribution is 2.26. The van der Waals surface area contributed by atoms with Crippen LogP contribution in [0.4, 0.5) is 10.9 Å². The van der Waals surface area contributed by atoms with Crippen molar-refractivity contribution in [3.63, 3.8) is 0 Å². The van der Waals surface area contributed by atoms with Crippen molar-refractivity contribution >= 4 is 38.4 Å². The summed E-state index contributed by atoms with van der Waals surface area (Å²) in [5, 5.41) is 3.30. The highest BCUT2D eigenvalue weighted by Gasteiger charge is 2.11. The Morgan fingerprint density at radius 2 is 2.10 bits per heavy atom. The summed E-state index contributed by atoms with van der Waals surface area (Å²) in [4.78, 5) is 20.4. The van der Waals surface area contributed by atoms with Crippen LogP contribution in [-0.2, 0) is 0 Å². The molecule has 0 aliphatic carbocycles. The van der Waals surface area contributed by atoms with Crippen LogP contribution < -0.4 is 11.1 Å². The second-order valence-electron chi connectivity index (χ2n) is 4.39. The van der Waals surface area contributed by atoms with E-state index in [1.54, 1.807) is 18.2 Å². The maximum absolute atomic E-state index is 12.0. The third-order valence-electron chi connectivity index (χ3n) is 2.77. The molecule has 100 valence electrons. The number of nitrogens with two attached hydrogens (primary N) is 1. The highest BCUT2D eigenvalue weighted by molar-refractivity contribution is 7.22. The number of carbonyl (C=O) groups excluding carboxylic acids is 1. The Hall–Kier alpha value is -2.47. The number of fused-ring (bicyclic) bond motifs is 1. The van der Waals surface area contributed by atoms with E-state index in [1.807, 2.05) is 25.1 Å². The van der Waals surface area contributed by atoms with Crippen LogP contribution in [0.25, 0.3) is 10.2 Å². The minimum absolute atomic E-state index is 0.278. The Bertz CT molecular complexity index is 797. The van der Waals surface area contributed by atoms with E-state index in [2.05, 4.69) is 15.3 Å². The molecule has 1 amide bonds. The minimum atomic E-state index is -0.312. The lowest BCUT2D eigenvalue weighted by atomic mass is 10.2. The number of hydrogen-bond acceptors (Lipinski definition) is 5. The van der Waals surface area contributed by atoms with Crippen LogP contribution in [0.15, 0.2) is 36.4 Å². The molecule has 0 spiro atoms. The summed E-state index contributed by atoms with van der Waals surface area (Å²) in [6.45, 7) is 2.02. The van der Waals surface area contributed by atoms with E-state index in [-0.39, 0.29) is 11.6 Å². The van der Waals surface area contributed by atoms with Gasteiger partial charge in [-0.15, -0.1) is 0 Å². The fourth-order valence-electron chi connectivity index (χ4n) is 1.82. The summed E-state index contributed by atoms with van der Waals surface area (Å²) in [6.07, 6.45) is 0. The van der Waals surface area contributed by atoms with Gasteiger partial charge in [-0.25, -0.2) is 9.97 Å². The molecule has 0 unspecified atom stereocenters. The van der Waals surface area contributed by atoms with Crippen LogP contribution in [0.1, 0.15) is 16.1 Å². The van der Waals surface area contributed by atoms with Crippen molar-refractivity contribution in [2.75, 3.05) is 11.1 Å². The van der Waals surface area contributed by atoms with E-state index >= 15 is 0 Å². The zero-order valence-corrected chi connectivity index (χ0v) is 11.6. The lowest BCUT2D eigenvalue weighted by Gasteiger charge is -2.01. The molecule has 0 atom stereocenters. The number of amides is 1. The van der Waals surface area contributed by atoms with E-state index in [9.17, 15) is 4.79 Å². The molecule has 3 aromatic rings. The number of carbonyl (C=O) groups is 1. The van der Waals surface area contributed by atoms with Gasteiger partial charge in [-0.2, -0.15) is 0 Å². The number of pyridine rings is 1. The fraction of sp³-hybridized carbons (Fsp3) is 0.0714. The van der Waals surface area contributed by atoms with Gasteiger partial charge in [-0.05, 0) is 36.8 Å². The smallest absolute Gasteiger partial charge is 0.276 e. The van der Waals surface area contributed by atoms with Crippen LogP contribution in [0, 0.1) is 6.92 Å². The molecule has 0 bridgehead atoms. The average molecular weight is 284 g/mol. The number of aryl methyl sites for hydroxylation is 1. The third-order valence-corrected chi connectivity index (χ3v) is 3.70. The number of thiazole rings is 1. The van der Waals surface area contributed by atoms with Gasteiger partial charge in [-0.3, -0.25) is 10.1 Å².